The van der Waals surface area contributed by atoms with Crippen LogP contribution in [-0.4, -0.2) is 18.2 Å². The first-order chi connectivity index (χ1) is 7.62. The Hall–Kier alpha value is -0.930. The summed E-state index contributed by atoms with van der Waals surface area (Å²) in [5, 5.41) is 13.8. The zero-order chi connectivity index (χ0) is 11.6. The van der Waals surface area contributed by atoms with Gasteiger partial charge in [-0.1, -0.05) is 18.2 Å². The highest BCUT2D eigenvalue weighted by Gasteiger charge is 2.36. The maximum Gasteiger partial charge on any atom is 0.129 e. The van der Waals surface area contributed by atoms with Gasteiger partial charge in [0.1, 0.15) is 5.82 Å². The Morgan fingerprint density at radius 2 is 1.94 bits per heavy atom. The maximum atomic E-state index is 13.7. The fourth-order valence-corrected chi connectivity index (χ4v) is 2.48. The van der Waals surface area contributed by atoms with Gasteiger partial charge in [0.2, 0.25) is 0 Å². The number of aliphatic hydroxyl groups is 1. The minimum Gasteiger partial charge on any atom is -0.385 e. The highest BCUT2D eigenvalue weighted by Crippen LogP contribution is 2.35. The van der Waals surface area contributed by atoms with E-state index in [-0.39, 0.29) is 11.7 Å². The first-order valence-corrected chi connectivity index (χ1v) is 5.80. The average Bonchev–Trinajstić information content (AvgIpc) is 2.30. The number of benzene rings is 1. The molecule has 16 heavy (non-hydrogen) atoms. The van der Waals surface area contributed by atoms with Crippen LogP contribution in [0, 0.1) is 11.7 Å². The molecule has 1 aromatic carbocycles. The van der Waals surface area contributed by atoms with Crippen molar-refractivity contribution in [1.82, 2.24) is 5.32 Å². The Bertz CT molecular complexity index is 359. The molecule has 0 saturated carbocycles. The molecule has 0 spiro atoms. The molecule has 3 heteroatoms. The van der Waals surface area contributed by atoms with Crippen molar-refractivity contribution in [2.75, 3.05) is 13.1 Å². The number of hydrogen-bond acceptors (Lipinski definition) is 2. The van der Waals surface area contributed by atoms with E-state index in [1.165, 1.54) is 6.07 Å². The first-order valence-electron chi connectivity index (χ1n) is 5.80. The fourth-order valence-electron chi connectivity index (χ4n) is 2.48. The Kier molecular flexibility index (Phi) is 3.26. The van der Waals surface area contributed by atoms with Gasteiger partial charge in [0, 0.05) is 5.56 Å². The summed E-state index contributed by atoms with van der Waals surface area (Å²) in [7, 11) is 0. The van der Waals surface area contributed by atoms with Crippen molar-refractivity contribution in [2.45, 2.75) is 25.4 Å². The molecule has 0 amide bonds. The van der Waals surface area contributed by atoms with Crippen molar-refractivity contribution in [3.05, 3.63) is 35.6 Å². The minimum atomic E-state index is -1.06. The number of rotatable bonds is 2. The first kappa shape index (κ1) is 11.6. The zero-order valence-electron chi connectivity index (χ0n) is 9.54. The Morgan fingerprint density at radius 3 is 2.56 bits per heavy atom. The van der Waals surface area contributed by atoms with E-state index in [1.54, 1.807) is 25.1 Å². The van der Waals surface area contributed by atoms with Crippen LogP contribution in [0.1, 0.15) is 25.3 Å². The van der Waals surface area contributed by atoms with Crippen molar-refractivity contribution in [1.29, 1.82) is 0 Å². The molecule has 2 N–H and O–H groups in total. The van der Waals surface area contributed by atoms with Gasteiger partial charge in [-0.3, -0.25) is 0 Å². The summed E-state index contributed by atoms with van der Waals surface area (Å²) in [6.07, 6.45) is 1.78. The molecular formula is C13H18FNO. The molecule has 2 rings (SSSR count). The fraction of sp³-hybridized carbons (Fsp3) is 0.538. The van der Waals surface area contributed by atoms with Crippen LogP contribution in [0.15, 0.2) is 24.3 Å². The molecule has 0 radical (unpaired) electrons. The van der Waals surface area contributed by atoms with Crippen LogP contribution in [0.4, 0.5) is 4.39 Å². The molecule has 1 atom stereocenters. The van der Waals surface area contributed by atoms with Crippen LogP contribution < -0.4 is 5.32 Å². The minimum absolute atomic E-state index is 0.130. The highest BCUT2D eigenvalue weighted by atomic mass is 19.1. The largest absolute Gasteiger partial charge is 0.385 e. The summed E-state index contributed by atoms with van der Waals surface area (Å²) in [5.41, 5.74) is -0.644. The second kappa shape index (κ2) is 4.52. The number of hydrogen-bond donors (Lipinski definition) is 2. The summed E-state index contributed by atoms with van der Waals surface area (Å²) in [6, 6.07) is 6.51. The third kappa shape index (κ3) is 2.11. The van der Waals surface area contributed by atoms with E-state index >= 15 is 0 Å². The average molecular weight is 223 g/mol. The molecule has 0 aromatic heterocycles. The Morgan fingerprint density at radius 1 is 1.31 bits per heavy atom. The van der Waals surface area contributed by atoms with Gasteiger partial charge < -0.3 is 10.4 Å². The Balaban J connectivity index is 2.26. The molecule has 88 valence electrons. The summed E-state index contributed by atoms with van der Waals surface area (Å²) in [6.45, 7) is 3.52. The van der Waals surface area contributed by atoms with Gasteiger partial charge in [0.05, 0.1) is 5.60 Å². The lowest BCUT2D eigenvalue weighted by atomic mass is 9.77. The SMILES string of the molecule is CC(O)(c1ccccc1F)C1CCNCC1. The van der Waals surface area contributed by atoms with E-state index in [1.807, 2.05) is 0 Å². The van der Waals surface area contributed by atoms with Crippen molar-refractivity contribution < 1.29 is 9.50 Å². The summed E-state index contributed by atoms with van der Waals surface area (Å²) in [5.74, 6) is -0.184. The van der Waals surface area contributed by atoms with Crippen LogP contribution in [0.2, 0.25) is 0 Å². The number of piperidine rings is 1. The molecule has 0 aliphatic carbocycles. The van der Waals surface area contributed by atoms with E-state index in [0.717, 1.165) is 25.9 Å². The molecule has 1 unspecified atom stereocenters. The zero-order valence-corrected chi connectivity index (χ0v) is 9.54. The van der Waals surface area contributed by atoms with E-state index in [9.17, 15) is 9.50 Å². The maximum absolute atomic E-state index is 13.7. The molecule has 1 heterocycles. The van der Waals surface area contributed by atoms with Gasteiger partial charge in [0.25, 0.3) is 0 Å². The monoisotopic (exact) mass is 223 g/mol. The smallest absolute Gasteiger partial charge is 0.129 e. The van der Waals surface area contributed by atoms with Crippen molar-refractivity contribution in [3.63, 3.8) is 0 Å². The van der Waals surface area contributed by atoms with Crippen molar-refractivity contribution in [2.24, 2.45) is 5.92 Å². The predicted octanol–water partition coefficient (Wildman–Crippen LogP) is 2.03. The third-order valence-corrected chi connectivity index (χ3v) is 3.55. The lowest BCUT2D eigenvalue weighted by Crippen LogP contribution is -2.40. The van der Waals surface area contributed by atoms with E-state index in [4.69, 9.17) is 0 Å². The summed E-state index contributed by atoms with van der Waals surface area (Å²) < 4.78 is 13.7. The van der Waals surface area contributed by atoms with Crippen molar-refractivity contribution in [3.8, 4) is 0 Å². The van der Waals surface area contributed by atoms with E-state index in [2.05, 4.69) is 5.32 Å². The van der Waals surface area contributed by atoms with E-state index in [0.29, 0.717) is 5.56 Å². The van der Waals surface area contributed by atoms with Gasteiger partial charge in [-0.25, -0.2) is 4.39 Å². The molecule has 0 bridgehead atoms. The topological polar surface area (TPSA) is 32.3 Å². The van der Waals surface area contributed by atoms with Gasteiger partial charge in [-0.05, 0) is 44.8 Å². The molecule has 1 aromatic rings. The standard InChI is InChI=1S/C13H18FNO/c1-13(16,10-6-8-15-9-7-10)11-4-2-3-5-12(11)14/h2-5,10,15-16H,6-9H2,1H3. The molecule has 1 aliphatic heterocycles. The van der Waals surface area contributed by atoms with E-state index < -0.39 is 5.60 Å². The van der Waals surface area contributed by atoms with Crippen LogP contribution in [0.3, 0.4) is 0 Å². The van der Waals surface area contributed by atoms with Gasteiger partial charge in [0.15, 0.2) is 0 Å². The second-order valence-electron chi connectivity index (χ2n) is 4.65. The summed E-state index contributed by atoms with van der Waals surface area (Å²) in [4.78, 5) is 0. The normalized spacial score (nSPS) is 21.7. The number of halogens is 1. The third-order valence-electron chi connectivity index (χ3n) is 3.55. The molecule has 1 fully saturated rings. The second-order valence-corrected chi connectivity index (χ2v) is 4.65. The van der Waals surface area contributed by atoms with Gasteiger partial charge in [-0.15, -0.1) is 0 Å². The van der Waals surface area contributed by atoms with Gasteiger partial charge >= 0.3 is 0 Å². The lowest BCUT2D eigenvalue weighted by Gasteiger charge is -2.36. The molecule has 1 aliphatic rings. The van der Waals surface area contributed by atoms with Gasteiger partial charge in [-0.2, -0.15) is 0 Å². The number of nitrogens with one attached hydrogen (secondary N) is 1. The lowest BCUT2D eigenvalue weighted by molar-refractivity contribution is -0.0214. The Labute approximate surface area is 95.5 Å². The van der Waals surface area contributed by atoms with Crippen LogP contribution in [0.5, 0.6) is 0 Å². The predicted molar refractivity (Wildman–Crippen MR) is 61.6 cm³/mol. The van der Waals surface area contributed by atoms with Crippen LogP contribution in [-0.2, 0) is 5.60 Å². The van der Waals surface area contributed by atoms with Crippen LogP contribution in [0.25, 0.3) is 0 Å². The summed E-state index contributed by atoms with van der Waals surface area (Å²) >= 11 is 0. The molecular weight excluding hydrogens is 205 g/mol. The molecule has 2 nitrogen and oxygen atoms in total. The highest BCUT2D eigenvalue weighted by molar-refractivity contribution is 5.24. The van der Waals surface area contributed by atoms with Crippen molar-refractivity contribution >= 4 is 0 Å². The molecule has 1 saturated heterocycles. The quantitative estimate of drug-likeness (QED) is 0.804. The van der Waals surface area contributed by atoms with Crippen LogP contribution >= 0.6 is 0 Å².